The molecule has 0 atom stereocenters. The lowest BCUT2D eigenvalue weighted by Gasteiger charge is -2.10. The van der Waals surface area contributed by atoms with Gasteiger partial charge in [0.2, 0.25) is 0 Å². The number of hydrogen-bond donors (Lipinski definition) is 2. The lowest BCUT2D eigenvalue weighted by Crippen LogP contribution is -2.30. The van der Waals surface area contributed by atoms with Crippen LogP contribution in [0.1, 0.15) is 15.9 Å². The number of nitrogens with one attached hydrogen (secondary N) is 1. The highest BCUT2D eigenvalue weighted by Gasteiger charge is 2.09. The van der Waals surface area contributed by atoms with Crippen LogP contribution in [0.25, 0.3) is 0 Å². The van der Waals surface area contributed by atoms with Crippen molar-refractivity contribution in [1.82, 2.24) is 10.4 Å². The second kappa shape index (κ2) is 6.31. The summed E-state index contributed by atoms with van der Waals surface area (Å²) in [5.74, 6) is 5.42. The summed E-state index contributed by atoms with van der Waals surface area (Å²) in [6, 6.07) is 8.93. The molecule has 19 heavy (non-hydrogen) atoms. The van der Waals surface area contributed by atoms with Gasteiger partial charge in [-0.25, -0.2) is 5.84 Å². The number of halogens is 1. The van der Waals surface area contributed by atoms with Crippen molar-refractivity contribution >= 4 is 21.8 Å². The quantitative estimate of drug-likeness (QED) is 0.513. The van der Waals surface area contributed by atoms with Crippen molar-refractivity contribution in [2.45, 2.75) is 6.61 Å². The van der Waals surface area contributed by atoms with Gasteiger partial charge in [0, 0.05) is 21.8 Å². The SMILES string of the molecule is NNC(=O)c1ccccc1COc1cncc(Br)c1. The maximum Gasteiger partial charge on any atom is 0.265 e. The van der Waals surface area contributed by atoms with E-state index in [9.17, 15) is 4.79 Å². The first-order chi connectivity index (χ1) is 9.20. The molecule has 0 saturated heterocycles. The molecule has 98 valence electrons. The van der Waals surface area contributed by atoms with E-state index in [2.05, 4.69) is 26.3 Å². The van der Waals surface area contributed by atoms with Crippen molar-refractivity contribution in [3.05, 3.63) is 58.3 Å². The number of carbonyl (C=O) groups is 1. The Balaban J connectivity index is 2.13. The minimum Gasteiger partial charge on any atom is -0.487 e. The van der Waals surface area contributed by atoms with Gasteiger partial charge in [0.1, 0.15) is 12.4 Å². The summed E-state index contributed by atoms with van der Waals surface area (Å²) in [4.78, 5) is 15.6. The van der Waals surface area contributed by atoms with Crippen LogP contribution in [0.3, 0.4) is 0 Å². The van der Waals surface area contributed by atoms with Crippen molar-refractivity contribution in [1.29, 1.82) is 0 Å². The predicted octanol–water partition coefficient (Wildman–Crippen LogP) is 2.03. The zero-order valence-electron chi connectivity index (χ0n) is 9.97. The van der Waals surface area contributed by atoms with E-state index in [1.165, 1.54) is 0 Å². The lowest BCUT2D eigenvalue weighted by molar-refractivity contribution is 0.0951. The summed E-state index contributed by atoms with van der Waals surface area (Å²) >= 11 is 3.31. The maximum absolute atomic E-state index is 11.6. The number of hydrogen-bond acceptors (Lipinski definition) is 4. The van der Waals surface area contributed by atoms with Gasteiger partial charge in [-0.2, -0.15) is 0 Å². The Labute approximate surface area is 118 Å². The smallest absolute Gasteiger partial charge is 0.265 e. The average Bonchev–Trinajstić information content (AvgIpc) is 2.45. The third kappa shape index (κ3) is 3.52. The van der Waals surface area contributed by atoms with Crippen LogP contribution >= 0.6 is 15.9 Å². The lowest BCUT2D eigenvalue weighted by atomic mass is 10.1. The predicted molar refractivity (Wildman–Crippen MR) is 74.4 cm³/mol. The number of benzene rings is 1. The summed E-state index contributed by atoms with van der Waals surface area (Å²) in [5.41, 5.74) is 3.36. The molecule has 0 spiro atoms. The van der Waals surface area contributed by atoms with Gasteiger partial charge >= 0.3 is 0 Å². The average molecular weight is 322 g/mol. The molecular formula is C13H12BrN3O2. The highest BCUT2D eigenvalue weighted by atomic mass is 79.9. The fourth-order valence-corrected chi connectivity index (χ4v) is 1.92. The van der Waals surface area contributed by atoms with Gasteiger partial charge in [0.15, 0.2) is 0 Å². The summed E-state index contributed by atoms with van der Waals surface area (Å²) in [6.45, 7) is 0.266. The summed E-state index contributed by atoms with van der Waals surface area (Å²) in [5, 5.41) is 0. The number of pyridine rings is 1. The van der Waals surface area contributed by atoms with E-state index in [0.29, 0.717) is 11.3 Å². The van der Waals surface area contributed by atoms with E-state index < -0.39 is 0 Å². The Kier molecular flexibility index (Phi) is 4.48. The molecular weight excluding hydrogens is 310 g/mol. The van der Waals surface area contributed by atoms with Crippen LogP contribution in [0.4, 0.5) is 0 Å². The standard InChI is InChI=1S/C13H12BrN3O2/c14-10-5-11(7-16-6-10)19-8-9-3-1-2-4-12(9)13(18)17-15/h1-7H,8,15H2,(H,17,18). The number of ether oxygens (including phenoxy) is 1. The number of carbonyl (C=O) groups excluding carboxylic acids is 1. The van der Waals surface area contributed by atoms with Crippen molar-refractivity contribution in [2.24, 2.45) is 5.84 Å². The molecule has 1 aromatic heterocycles. The Morgan fingerprint density at radius 1 is 1.37 bits per heavy atom. The summed E-state index contributed by atoms with van der Waals surface area (Å²) in [6.07, 6.45) is 3.28. The molecule has 0 aliphatic heterocycles. The molecule has 0 fully saturated rings. The fraction of sp³-hybridized carbons (Fsp3) is 0.0769. The molecule has 0 aliphatic rings. The van der Waals surface area contributed by atoms with Gasteiger partial charge in [-0.1, -0.05) is 18.2 Å². The van der Waals surface area contributed by atoms with E-state index in [4.69, 9.17) is 10.6 Å². The van der Waals surface area contributed by atoms with Crippen molar-refractivity contribution < 1.29 is 9.53 Å². The molecule has 5 nitrogen and oxygen atoms in total. The molecule has 0 aliphatic carbocycles. The third-order valence-electron chi connectivity index (χ3n) is 2.47. The Morgan fingerprint density at radius 3 is 2.89 bits per heavy atom. The Bertz CT molecular complexity index is 590. The molecule has 6 heteroatoms. The monoisotopic (exact) mass is 321 g/mol. The second-order valence-corrected chi connectivity index (χ2v) is 4.67. The number of nitrogen functional groups attached to an aromatic ring is 1. The molecule has 0 unspecified atom stereocenters. The molecule has 0 radical (unpaired) electrons. The number of rotatable bonds is 4. The maximum atomic E-state index is 11.6. The first-order valence-electron chi connectivity index (χ1n) is 5.53. The van der Waals surface area contributed by atoms with Crippen molar-refractivity contribution in [3.63, 3.8) is 0 Å². The highest BCUT2D eigenvalue weighted by molar-refractivity contribution is 9.10. The Hall–Kier alpha value is -1.92. The minimum absolute atomic E-state index is 0.266. The number of amides is 1. The molecule has 1 heterocycles. The normalized spacial score (nSPS) is 10.0. The van der Waals surface area contributed by atoms with Crippen LogP contribution in [0.15, 0.2) is 47.2 Å². The number of nitrogens with two attached hydrogens (primary N) is 1. The number of aromatic nitrogens is 1. The third-order valence-corrected chi connectivity index (χ3v) is 2.90. The molecule has 0 bridgehead atoms. The molecule has 0 saturated carbocycles. The van der Waals surface area contributed by atoms with Gasteiger partial charge in [0.25, 0.3) is 5.91 Å². The molecule has 1 aromatic carbocycles. The van der Waals surface area contributed by atoms with E-state index in [0.717, 1.165) is 10.0 Å². The second-order valence-electron chi connectivity index (χ2n) is 3.76. The van der Waals surface area contributed by atoms with Crippen LogP contribution in [0.5, 0.6) is 5.75 Å². The molecule has 1 amide bonds. The minimum atomic E-state index is -0.341. The topological polar surface area (TPSA) is 77.2 Å². The zero-order valence-corrected chi connectivity index (χ0v) is 11.6. The van der Waals surface area contributed by atoms with Gasteiger partial charge in [-0.05, 0) is 28.1 Å². The van der Waals surface area contributed by atoms with Crippen LogP contribution in [0.2, 0.25) is 0 Å². The van der Waals surface area contributed by atoms with Crippen LogP contribution in [0, 0.1) is 0 Å². The van der Waals surface area contributed by atoms with Gasteiger partial charge < -0.3 is 4.74 Å². The number of nitrogens with zero attached hydrogens (tertiary/aromatic N) is 1. The van der Waals surface area contributed by atoms with Gasteiger partial charge in [-0.3, -0.25) is 15.2 Å². The zero-order chi connectivity index (χ0) is 13.7. The van der Waals surface area contributed by atoms with Gasteiger partial charge in [-0.15, -0.1) is 0 Å². The van der Waals surface area contributed by atoms with E-state index in [1.54, 1.807) is 30.6 Å². The van der Waals surface area contributed by atoms with E-state index in [-0.39, 0.29) is 12.5 Å². The molecule has 2 rings (SSSR count). The fourth-order valence-electron chi connectivity index (χ4n) is 1.58. The molecule has 2 aromatic rings. The largest absolute Gasteiger partial charge is 0.487 e. The highest BCUT2D eigenvalue weighted by Crippen LogP contribution is 2.18. The summed E-state index contributed by atoms with van der Waals surface area (Å²) in [7, 11) is 0. The first-order valence-corrected chi connectivity index (χ1v) is 6.32. The molecule has 3 N–H and O–H groups in total. The van der Waals surface area contributed by atoms with E-state index in [1.807, 2.05) is 12.1 Å². The Morgan fingerprint density at radius 2 is 2.16 bits per heavy atom. The van der Waals surface area contributed by atoms with E-state index >= 15 is 0 Å². The number of hydrazine groups is 1. The van der Waals surface area contributed by atoms with Crippen molar-refractivity contribution in [2.75, 3.05) is 0 Å². The van der Waals surface area contributed by atoms with Crippen LogP contribution < -0.4 is 16.0 Å². The summed E-state index contributed by atoms with van der Waals surface area (Å²) < 4.78 is 6.43. The van der Waals surface area contributed by atoms with Gasteiger partial charge in [0.05, 0.1) is 6.20 Å². The van der Waals surface area contributed by atoms with Crippen LogP contribution in [-0.4, -0.2) is 10.9 Å². The van der Waals surface area contributed by atoms with Crippen LogP contribution in [-0.2, 0) is 6.61 Å². The van der Waals surface area contributed by atoms with Crippen molar-refractivity contribution in [3.8, 4) is 5.75 Å². The first kappa shape index (κ1) is 13.5.